The van der Waals surface area contributed by atoms with Gasteiger partial charge in [-0.3, -0.25) is 14.5 Å². The Hall–Kier alpha value is -1.73. The number of hydrogen-bond acceptors (Lipinski definition) is 6. The van der Waals surface area contributed by atoms with Gasteiger partial charge in [0, 0.05) is 58.0 Å². The Morgan fingerprint density at radius 3 is 2.81 bits per heavy atom. The molecule has 1 atom stereocenters. The van der Waals surface area contributed by atoms with Crippen LogP contribution >= 0.6 is 0 Å². The van der Waals surface area contributed by atoms with Gasteiger partial charge in [-0.25, -0.2) is 0 Å². The van der Waals surface area contributed by atoms with E-state index in [0.717, 1.165) is 38.5 Å². The van der Waals surface area contributed by atoms with Gasteiger partial charge in [-0.15, -0.1) is 0 Å². The molecule has 0 aromatic carbocycles. The predicted octanol–water partition coefficient (Wildman–Crippen LogP) is 0.818. The lowest BCUT2D eigenvalue weighted by molar-refractivity contribution is 0.0713. The van der Waals surface area contributed by atoms with Crippen LogP contribution in [-0.4, -0.2) is 55.4 Å². The van der Waals surface area contributed by atoms with Gasteiger partial charge in [0.15, 0.2) is 5.82 Å². The minimum Gasteiger partial charge on any atom is -0.340 e. The predicted molar refractivity (Wildman–Crippen MR) is 77.4 cm³/mol. The third-order valence-corrected chi connectivity index (χ3v) is 3.93. The van der Waals surface area contributed by atoms with Crippen LogP contribution in [0.15, 0.2) is 16.9 Å². The molecule has 0 bridgehead atoms. The second kappa shape index (κ2) is 5.95. The van der Waals surface area contributed by atoms with Crippen molar-refractivity contribution in [2.24, 2.45) is 7.05 Å². The summed E-state index contributed by atoms with van der Waals surface area (Å²) in [6.45, 7) is 8.92. The van der Waals surface area contributed by atoms with E-state index in [1.165, 1.54) is 5.56 Å². The molecule has 0 spiro atoms. The van der Waals surface area contributed by atoms with E-state index >= 15 is 0 Å². The zero-order valence-corrected chi connectivity index (χ0v) is 12.9. The van der Waals surface area contributed by atoms with Crippen LogP contribution in [0.3, 0.4) is 0 Å². The third-order valence-electron chi connectivity index (χ3n) is 3.93. The molecule has 2 aromatic heterocycles. The van der Waals surface area contributed by atoms with Crippen LogP contribution < -0.4 is 0 Å². The molecule has 114 valence electrons. The van der Waals surface area contributed by atoms with Crippen molar-refractivity contribution >= 4 is 0 Å². The van der Waals surface area contributed by atoms with E-state index in [1.54, 1.807) is 0 Å². The summed E-state index contributed by atoms with van der Waals surface area (Å²) in [6, 6.07) is 0.506. The molecule has 1 saturated heterocycles. The first-order chi connectivity index (χ1) is 10.1. The maximum Gasteiger partial charge on any atom is 0.223 e. The summed E-state index contributed by atoms with van der Waals surface area (Å²) in [5.41, 5.74) is 1.27. The van der Waals surface area contributed by atoms with Crippen molar-refractivity contribution in [3.8, 4) is 0 Å². The van der Waals surface area contributed by atoms with Crippen molar-refractivity contribution in [1.82, 2.24) is 29.7 Å². The highest BCUT2D eigenvalue weighted by molar-refractivity contribution is 5.04. The minimum atomic E-state index is 0.506. The quantitative estimate of drug-likeness (QED) is 0.830. The monoisotopic (exact) mass is 290 g/mol. The van der Waals surface area contributed by atoms with Gasteiger partial charge in [-0.05, 0) is 6.92 Å². The van der Waals surface area contributed by atoms with Crippen LogP contribution in [0, 0.1) is 6.92 Å². The normalized spacial score (nSPS) is 21.0. The third kappa shape index (κ3) is 3.48. The molecule has 7 nitrogen and oxygen atoms in total. The zero-order valence-electron chi connectivity index (χ0n) is 12.9. The van der Waals surface area contributed by atoms with Crippen LogP contribution in [0.1, 0.15) is 24.2 Å². The molecule has 2 aromatic rings. The number of nitrogens with zero attached hydrogens (tertiary/aromatic N) is 6. The Labute approximate surface area is 124 Å². The standard InChI is InChI=1S/C14H22N6O/c1-11-7-19(10-14-16-12(2)21-17-14)4-5-20(11)9-13-6-15-18(3)8-13/h6,8,11H,4-5,7,9-10H2,1-3H3. The second-order valence-corrected chi connectivity index (χ2v) is 5.81. The van der Waals surface area contributed by atoms with Crippen molar-refractivity contribution < 1.29 is 4.52 Å². The molecule has 7 heteroatoms. The molecule has 1 fully saturated rings. The number of aromatic nitrogens is 4. The van der Waals surface area contributed by atoms with Crippen LogP contribution in [0.5, 0.6) is 0 Å². The largest absolute Gasteiger partial charge is 0.340 e. The number of hydrogen-bond donors (Lipinski definition) is 0. The number of aryl methyl sites for hydroxylation is 2. The van der Waals surface area contributed by atoms with E-state index in [2.05, 4.69) is 38.2 Å². The molecule has 3 heterocycles. The van der Waals surface area contributed by atoms with E-state index < -0.39 is 0 Å². The van der Waals surface area contributed by atoms with E-state index in [9.17, 15) is 0 Å². The minimum absolute atomic E-state index is 0.506. The first kappa shape index (κ1) is 14.2. The smallest absolute Gasteiger partial charge is 0.223 e. The van der Waals surface area contributed by atoms with Gasteiger partial charge < -0.3 is 4.52 Å². The molecule has 0 radical (unpaired) electrons. The molecule has 3 rings (SSSR count). The topological polar surface area (TPSA) is 63.2 Å². The van der Waals surface area contributed by atoms with Gasteiger partial charge in [0.25, 0.3) is 0 Å². The second-order valence-electron chi connectivity index (χ2n) is 5.81. The molecule has 0 saturated carbocycles. The van der Waals surface area contributed by atoms with Gasteiger partial charge >= 0.3 is 0 Å². The fraction of sp³-hybridized carbons (Fsp3) is 0.643. The lowest BCUT2D eigenvalue weighted by Gasteiger charge is -2.39. The summed E-state index contributed by atoms with van der Waals surface area (Å²) in [4.78, 5) is 9.15. The fourth-order valence-corrected chi connectivity index (χ4v) is 2.84. The molecule has 1 aliphatic heterocycles. The molecule has 0 amide bonds. The van der Waals surface area contributed by atoms with Crippen molar-refractivity contribution in [2.75, 3.05) is 19.6 Å². The summed E-state index contributed by atoms with van der Waals surface area (Å²) in [5, 5.41) is 8.20. The Balaban J connectivity index is 1.54. The number of piperazine rings is 1. The maximum atomic E-state index is 5.03. The Bertz CT molecular complexity index is 592. The number of rotatable bonds is 4. The first-order valence-electron chi connectivity index (χ1n) is 7.33. The van der Waals surface area contributed by atoms with Gasteiger partial charge in [0.05, 0.1) is 12.7 Å². The SMILES string of the molecule is Cc1nc(CN2CCN(Cc3cnn(C)c3)C(C)C2)no1. The molecular weight excluding hydrogens is 268 g/mol. The average molecular weight is 290 g/mol. The van der Waals surface area contributed by atoms with Crippen molar-refractivity contribution in [3.05, 3.63) is 29.7 Å². The van der Waals surface area contributed by atoms with Crippen LogP contribution in [0.4, 0.5) is 0 Å². The lowest BCUT2D eigenvalue weighted by atomic mass is 10.1. The molecule has 0 aliphatic carbocycles. The Morgan fingerprint density at radius 2 is 2.19 bits per heavy atom. The van der Waals surface area contributed by atoms with Crippen molar-refractivity contribution in [3.63, 3.8) is 0 Å². The highest BCUT2D eigenvalue weighted by Gasteiger charge is 2.24. The zero-order chi connectivity index (χ0) is 14.8. The van der Waals surface area contributed by atoms with Gasteiger partial charge in [-0.2, -0.15) is 10.1 Å². The van der Waals surface area contributed by atoms with Crippen molar-refractivity contribution in [2.45, 2.75) is 33.0 Å². The van der Waals surface area contributed by atoms with Gasteiger partial charge in [-0.1, -0.05) is 5.16 Å². The van der Waals surface area contributed by atoms with E-state index in [-0.39, 0.29) is 0 Å². The summed E-state index contributed by atoms with van der Waals surface area (Å²) in [6.07, 6.45) is 4.03. The lowest BCUT2D eigenvalue weighted by Crippen LogP contribution is -2.50. The van der Waals surface area contributed by atoms with Crippen LogP contribution in [0.25, 0.3) is 0 Å². The van der Waals surface area contributed by atoms with Gasteiger partial charge in [0.1, 0.15) is 0 Å². The van der Waals surface area contributed by atoms with E-state index in [0.29, 0.717) is 11.9 Å². The Morgan fingerprint density at radius 1 is 1.33 bits per heavy atom. The fourth-order valence-electron chi connectivity index (χ4n) is 2.84. The summed E-state index contributed by atoms with van der Waals surface area (Å²) < 4.78 is 6.88. The molecule has 0 N–H and O–H groups in total. The van der Waals surface area contributed by atoms with Crippen LogP contribution in [0.2, 0.25) is 0 Å². The first-order valence-corrected chi connectivity index (χ1v) is 7.33. The molecule has 21 heavy (non-hydrogen) atoms. The van der Waals surface area contributed by atoms with Gasteiger partial charge in [0.2, 0.25) is 5.89 Å². The maximum absolute atomic E-state index is 5.03. The van der Waals surface area contributed by atoms with E-state index in [1.807, 2.05) is 24.9 Å². The van der Waals surface area contributed by atoms with Crippen molar-refractivity contribution in [1.29, 1.82) is 0 Å². The van der Waals surface area contributed by atoms with Crippen LogP contribution in [-0.2, 0) is 20.1 Å². The average Bonchev–Trinajstić information content (AvgIpc) is 3.02. The molecular formula is C14H22N6O. The van der Waals surface area contributed by atoms with E-state index in [4.69, 9.17) is 4.52 Å². The molecule has 1 aliphatic rings. The molecule has 1 unspecified atom stereocenters. The summed E-state index contributed by atoms with van der Waals surface area (Å²) in [7, 11) is 1.96. The summed E-state index contributed by atoms with van der Waals surface area (Å²) >= 11 is 0. The summed E-state index contributed by atoms with van der Waals surface area (Å²) in [5.74, 6) is 1.41. The Kier molecular flexibility index (Phi) is 4.03. The highest BCUT2D eigenvalue weighted by Crippen LogP contribution is 2.15. The highest BCUT2D eigenvalue weighted by atomic mass is 16.5.